The van der Waals surface area contributed by atoms with Crippen molar-refractivity contribution in [3.05, 3.63) is 70.5 Å². The van der Waals surface area contributed by atoms with Crippen LogP contribution >= 0.6 is 11.6 Å². The normalized spacial score (nSPS) is 12.3. The maximum atomic E-state index is 12.4. The lowest BCUT2D eigenvalue weighted by Gasteiger charge is -2.07. The quantitative estimate of drug-likeness (QED) is 0.456. The highest BCUT2D eigenvalue weighted by Crippen LogP contribution is 2.30. The van der Waals surface area contributed by atoms with Crippen molar-refractivity contribution in [3.63, 3.8) is 0 Å². The molecule has 1 atom stereocenters. The first-order valence-electron chi connectivity index (χ1n) is 9.48. The van der Waals surface area contributed by atoms with Gasteiger partial charge in [-0.3, -0.25) is 0 Å². The average Bonchev–Trinajstić information content (AvgIpc) is 3.08. The lowest BCUT2D eigenvalue weighted by molar-refractivity contribution is -0.137. The van der Waals surface area contributed by atoms with Crippen molar-refractivity contribution in [2.45, 2.75) is 45.7 Å². The monoisotopic (exact) mass is 423 g/mol. The summed E-state index contributed by atoms with van der Waals surface area (Å²) in [7, 11) is 1.80. The van der Waals surface area contributed by atoms with E-state index in [-0.39, 0.29) is 0 Å². The van der Waals surface area contributed by atoms with Crippen molar-refractivity contribution >= 4 is 11.6 Å². The minimum absolute atomic E-state index is 0.570. The topological polar surface area (TPSA) is 30.7 Å². The number of rotatable bonds is 4. The van der Waals surface area contributed by atoms with Crippen LogP contribution in [0.3, 0.4) is 0 Å². The van der Waals surface area contributed by atoms with Gasteiger partial charge in [0.15, 0.2) is 5.82 Å². The van der Waals surface area contributed by atoms with Gasteiger partial charge in [0.25, 0.3) is 0 Å². The molecule has 1 aromatic heterocycles. The molecule has 0 amide bonds. The molecule has 0 spiro atoms. The maximum Gasteiger partial charge on any atom is 0.416 e. The summed E-state index contributed by atoms with van der Waals surface area (Å²) in [6, 6.07) is 13.0. The molecule has 0 aliphatic rings. The second-order valence-electron chi connectivity index (χ2n) is 6.79. The molecule has 0 radical (unpaired) electrons. The molecule has 156 valence electrons. The van der Waals surface area contributed by atoms with Gasteiger partial charge in [-0.1, -0.05) is 56.6 Å². The van der Waals surface area contributed by atoms with Gasteiger partial charge in [-0.05, 0) is 42.2 Å². The van der Waals surface area contributed by atoms with Gasteiger partial charge >= 0.3 is 6.18 Å². The first-order chi connectivity index (χ1) is 13.7. The van der Waals surface area contributed by atoms with Gasteiger partial charge in [-0.25, -0.2) is 0 Å². The molecular formula is C22H25ClF3N3. The first kappa shape index (κ1) is 22.9. The van der Waals surface area contributed by atoms with E-state index in [1.54, 1.807) is 11.6 Å². The van der Waals surface area contributed by atoms with Crippen molar-refractivity contribution < 1.29 is 13.2 Å². The van der Waals surface area contributed by atoms with E-state index in [2.05, 4.69) is 36.2 Å². The van der Waals surface area contributed by atoms with Crippen LogP contribution in [0.25, 0.3) is 11.4 Å². The second-order valence-corrected chi connectivity index (χ2v) is 7.22. The number of alkyl halides is 3. The minimum Gasteiger partial charge on any atom is -0.314 e. The van der Waals surface area contributed by atoms with Gasteiger partial charge in [0.2, 0.25) is 0 Å². The summed E-state index contributed by atoms with van der Waals surface area (Å²) in [5, 5.41) is 8.77. The summed E-state index contributed by atoms with van der Waals surface area (Å²) in [6.45, 7) is 6.36. The van der Waals surface area contributed by atoms with Gasteiger partial charge in [-0.15, -0.1) is 10.2 Å². The van der Waals surface area contributed by atoms with Crippen molar-refractivity contribution in [1.82, 2.24) is 14.8 Å². The largest absolute Gasteiger partial charge is 0.416 e. The Hall–Kier alpha value is -2.34. The first-order valence-corrected chi connectivity index (χ1v) is 9.86. The second kappa shape index (κ2) is 9.92. The zero-order valence-electron chi connectivity index (χ0n) is 17.0. The molecule has 7 heteroatoms. The van der Waals surface area contributed by atoms with E-state index in [1.165, 1.54) is 24.1 Å². The molecule has 0 bridgehead atoms. The van der Waals surface area contributed by atoms with Crippen LogP contribution in [0, 0.1) is 0 Å². The van der Waals surface area contributed by atoms with Crippen LogP contribution in [-0.2, 0) is 19.6 Å². The molecule has 0 aliphatic carbocycles. The van der Waals surface area contributed by atoms with Crippen LogP contribution < -0.4 is 0 Å². The number of halogens is 4. The van der Waals surface area contributed by atoms with Crippen molar-refractivity contribution in [3.8, 4) is 11.4 Å². The Balaban J connectivity index is 0.000000234. The lowest BCUT2D eigenvalue weighted by atomic mass is 9.99. The van der Waals surface area contributed by atoms with Crippen molar-refractivity contribution in [1.29, 1.82) is 0 Å². The third-order valence-corrected chi connectivity index (χ3v) is 5.06. The highest BCUT2D eigenvalue weighted by molar-refractivity contribution is 6.30. The van der Waals surface area contributed by atoms with Gasteiger partial charge in [0, 0.05) is 24.1 Å². The van der Waals surface area contributed by atoms with Crippen LogP contribution in [0.1, 0.15) is 50.1 Å². The fourth-order valence-electron chi connectivity index (χ4n) is 2.76. The molecule has 0 N–H and O–H groups in total. The molecule has 0 saturated heterocycles. The van der Waals surface area contributed by atoms with Crippen LogP contribution in [0.2, 0.25) is 5.02 Å². The summed E-state index contributed by atoms with van der Waals surface area (Å²) < 4.78 is 39.1. The molecule has 1 unspecified atom stereocenters. The SMILES string of the molecule is CCC(C)c1ccc(Cl)cc1.CCc1nnc(-c2ccc(C(F)(F)F)cc2)n1C. The maximum absolute atomic E-state index is 12.4. The van der Waals surface area contributed by atoms with Crippen LogP contribution in [-0.4, -0.2) is 14.8 Å². The number of nitrogens with zero attached hydrogens (tertiary/aromatic N) is 3. The number of aryl methyl sites for hydroxylation is 1. The molecule has 0 fully saturated rings. The summed E-state index contributed by atoms with van der Waals surface area (Å²) in [6.07, 6.45) is -2.40. The van der Waals surface area contributed by atoms with E-state index in [1.807, 2.05) is 19.1 Å². The Morgan fingerprint density at radius 2 is 1.55 bits per heavy atom. The average molecular weight is 424 g/mol. The summed E-state index contributed by atoms with van der Waals surface area (Å²) in [5.41, 5.74) is 1.33. The number of hydrogen-bond donors (Lipinski definition) is 0. The molecule has 1 heterocycles. The molecule has 0 aliphatic heterocycles. The molecule has 3 rings (SSSR count). The van der Waals surface area contributed by atoms with Crippen LogP contribution in [0.15, 0.2) is 48.5 Å². The molecule has 29 heavy (non-hydrogen) atoms. The zero-order valence-corrected chi connectivity index (χ0v) is 17.7. The van der Waals surface area contributed by atoms with E-state index < -0.39 is 11.7 Å². The summed E-state index contributed by atoms with van der Waals surface area (Å²) in [4.78, 5) is 0. The Kier molecular flexibility index (Phi) is 7.85. The molecule has 0 saturated carbocycles. The fraction of sp³-hybridized carbons (Fsp3) is 0.364. The highest BCUT2D eigenvalue weighted by Gasteiger charge is 2.30. The van der Waals surface area contributed by atoms with Gasteiger partial charge in [0.1, 0.15) is 5.82 Å². The van der Waals surface area contributed by atoms with Gasteiger partial charge < -0.3 is 4.57 Å². The van der Waals surface area contributed by atoms with Crippen molar-refractivity contribution in [2.75, 3.05) is 0 Å². The number of aromatic nitrogens is 3. The smallest absolute Gasteiger partial charge is 0.314 e. The Morgan fingerprint density at radius 3 is 2.00 bits per heavy atom. The number of hydrogen-bond acceptors (Lipinski definition) is 2. The van der Waals surface area contributed by atoms with Crippen LogP contribution in [0.4, 0.5) is 13.2 Å². The Bertz CT molecular complexity index is 901. The van der Waals surface area contributed by atoms with Gasteiger partial charge in [-0.2, -0.15) is 13.2 Å². The third kappa shape index (κ3) is 6.07. The van der Waals surface area contributed by atoms with E-state index in [0.29, 0.717) is 17.3 Å². The van der Waals surface area contributed by atoms with E-state index in [9.17, 15) is 13.2 Å². The predicted molar refractivity (Wildman–Crippen MR) is 111 cm³/mol. The Labute approximate surface area is 174 Å². The zero-order chi connectivity index (χ0) is 21.6. The van der Waals surface area contributed by atoms with E-state index in [4.69, 9.17) is 11.6 Å². The summed E-state index contributed by atoms with van der Waals surface area (Å²) in [5.74, 6) is 2.01. The number of benzene rings is 2. The van der Waals surface area contributed by atoms with Gasteiger partial charge in [0.05, 0.1) is 5.56 Å². The van der Waals surface area contributed by atoms with Crippen molar-refractivity contribution in [2.24, 2.45) is 7.05 Å². The molecule has 2 aromatic carbocycles. The van der Waals surface area contributed by atoms with E-state index in [0.717, 1.165) is 29.4 Å². The molecule has 3 aromatic rings. The highest BCUT2D eigenvalue weighted by atomic mass is 35.5. The lowest BCUT2D eigenvalue weighted by Crippen LogP contribution is -2.04. The Morgan fingerprint density at radius 1 is 0.966 bits per heavy atom. The fourth-order valence-corrected chi connectivity index (χ4v) is 2.88. The predicted octanol–water partition coefficient (Wildman–Crippen LogP) is 6.92. The molecule has 3 nitrogen and oxygen atoms in total. The molecular weight excluding hydrogens is 399 g/mol. The van der Waals surface area contributed by atoms with E-state index >= 15 is 0 Å². The summed E-state index contributed by atoms with van der Waals surface area (Å²) >= 11 is 5.76. The minimum atomic E-state index is -4.31. The van der Waals surface area contributed by atoms with Crippen LogP contribution in [0.5, 0.6) is 0 Å². The standard InChI is InChI=1S/C12H12F3N3.C10H13Cl/c1-3-10-16-17-11(18(10)2)8-4-6-9(7-5-8)12(13,14)15;1-3-8(2)9-4-6-10(11)7-5-9/h4-7H,3H2,1-2H3;4-8H,3H2,1-2H3. The third-order valence-electron chi connectivity index (χ3n) is 4.80.